The van der Waals surface area contributed by atoms with E-state index in [4.69, 9.17) is 9.84 Å². The molecular formula is C14H12N4O9. The van der Waals surface area contributed by atoms with E-state index in [0.29, 0.717) is 24.3 Å². The van der Waals surface area contributed by atoms with E-state index >= 15 is 0 Å². The van der Waals surface area contributed by atoms with Gasteiger partial charge in [0.2, 0.25) is 0 Å². The van der Waals surface area contributed by atoms with Crippen LogP contribution < -0.4 is 0 Å². The van der Waals surface area contributed by atoms with Crippen molar-refractivity contribution in [1.82, 2.24) is 4.98 Å². The highest BCUT2D eigenvalue weighted by atomic mass is 16.6. The Morgan fingerprint density at radius 2 is 1.67 bits per heavy atom. The molecule has 1 aromatic heterocycles. The first-order valence-electron chi connectivity index (χ1n) is 7.06. The number of aromatic nitrogens is 1. The number of phenolic OH excluding ortho intramolecular Hbond substituents is 1. The normalized spacial score (nSPS) is 9.52. The van der Waals surface area contributed by atoms with E-state index in [1.807, 2.05) is 0 Å². The van der Waals surface area contributed by atoms with Crippen molar-refractivity contribution in [3.05, 3.63) is 72.6 Å². The molecule has 0 aliphatic carbocycles. The molecule has 0 radical (unpaired) electrons. The predicted molar refractivity (Wildman–Crippen MR) is 88.3 cm³/mol. The number of benzene rings is 1. The summed E-state index contributed by atoms with van der Waals surface area (Å²) in [6.07, 6.45) is 3.10. The van der Waals surface area contributed by atoms with Gasteiger partial charge < -0.3 is 9.84 Å². The van der Waals surface area contributed by atoms with Crippen molar-refractivity contribution in [2.45, 2.75) is 6.92 Å². The van der Waals surface area contributed by atoms with Crippen LogP contribution in [0.1, 0.15) is 17.3 Å². The lowest BCUT2D eigenvalue weighted by atomic mass is 10.2. The van der Waals surface area contributed by atoms with E-state index in [-0.39, 0.29) is 5.97 Å². The number of non-ortho nitro benzene ring substituents is 1. The zero-order chi connectivity index (χ0) is 20.6. The lowest BCUT2D eigenvalue weighted by Gasteiger charge is -1.98. The number of nitro groups is 3. The average Bonchev–Trinajstić information content (AvgIpc) is 2.62. The minimum Gasteiger partial charge on any atom is -0.497 e. The molecular weight excluding hydrogens is 368 g/mol. The van der Waals surface area contributed by atoms with Gasteiger partial charge in [-0.1, -0.05) is 0 Å². The summed E-state index contributed by atoms with van der Waals surface area (Å²) in [6.45, 7) is 2.17. The van der Waals surface area contributed by atoms with Gasteiger partial charge >= 0.3 is 17.3 Å². The summed E-state index contributed by atoms with van der Waals surface area (Å²) in [4.78, 5) is 42.5. The van der Waals surface area contributed by atoms with Crippen molar-refractivity contribution in [2.75, 3.05) is 6.61 Å². The fraction of sp³-hybridized carbons (Fsp3) is 0.143. The van der Waals surface area contributed by atoms with Crippen molar-refractivity contribution in [3.63, 3.8) is 0 Å². The Morgan fingerprint density at radius 1 is 1.11 bits per heavy atom. The molecule has 0 fully saturated rings. The predicted octanol–water partition coefficient (Wildman–Crippen LogP) is 2.38. The van der Waals surface area contributed by atoms with E-state index in [1.54, 1.807) is 25.3 Å². The number of rotatable bonds is 5. The zero-order valence-corrected chi connectivity index (χ0v) is 13.7. The molecule has 0 saturated heterocycles. The fourth-order valence-electron chi connectivity index (χ4n) is 1.67. The number of hydrogen-bond donors (Lipinski definition) is 1. The topological polar surface area (TPSA) is 189 Å². The first-order chi connectivity index (χ1) is 12.7. The molecule has 0 spiro atoms. The SMILES string of the molecule is CCOC(=O)c1cccnc1.O=[N+]([O-])c1cc([N+](=O)[O-])c(O)c([N+](=O)[O-])c1. The number of nitro benzene ring substituents is 3. The van der Waals surface area contributed by atoms with Crippen molar-refractivity contribution in [2.24, 2.45) is 0 Å². The number of aromatic hydroxyl groups is 1. The van der Waals surface area contributed by atoms with Gasteiger partial charge in [-0.05, 0) is 19.1 Å². The number of nitrogens with zero attached hydrogens (tertiary/aromatic N) is 4. The number of phenols is 1. The molecule has 2 rings (SSSR count). The van der Waals surface area contributed by atoms with Crippen LogP contribution in [0.4, 0.5) is 17.1 Å². The molecule has 0 saturated carbocycles. The van der Waals surface area contributed by atoms with Crippen LogP contribution in [0.3, 0.4) is 0 Å². The highest BCUT2D eigenvalue weighted by molar-refractivity contribution is 5.88. The summed E-state index contributed by atoms with van der Waals surface area (Å²) in [5.41, 5.74) is -2.51. The van der Waals surface area contributed by atoms with Crippen LogP contribution in [-0.4, -0.2) is 37.4 Å². The maximum absolute atomic E-state index is 11.0. The molecule has 0 aliphatic rings. The molecule has 2 aromatic rings. The van der Waals surface area contributed by atoms with Crippen molar-refractivity contribution in [3.8, 4) is 5.75 Å². The first-order valence-corrected chi connectivity index (χ1v) is 7.06. The van der Waals surface area contributed by atoms with Gasteiger partial charge in [0.1, 0.15) is 0 Å². The quantitative estimate of drug-likeness (QED) is 0.457. The van der Waals surface area contributed by atoms with Gasteiger partial charge in [-0.15, -0.1) is 0 Å². The van der Waals surface area contributed by atoms with E-state index in [2.05, 4.69) is 4.98 Å². The minimum atomic E-state index is -1.21. The van der Waals surface area contributed by atoms with Crippen molar-refractivity contribution >= 4 is 23.0 Å². The summed E-state index contributed by atoms with van der Waals surface area (Å²) in [7, 11) is 0. The standard InChI is InChI=1S/C8H9NO2.C6H3N3O7/c1-2-11-8(10)7-4-3-5-9-6-7;10-6-4(8(13)14)1-3(7(11)12)2-5(6)9(15)16/h3-6H,2H2,1H3;1-2,10H. The summed E-state index contributed by atoms with van der Waals surface area (Å²) in [6, 6.07) is 4.27. The van der Waals surface area contributed by atoms with Crippen LogP contribution in [0.2, 0.25) is 0 Å². The third kappa shape index (κ3) is 5.70. The summed E-state index contributed by atoms with van der Waals surface area (Å²) in [5.74, 6) is -1.53. The molecule has 0 amide bonds. The Morgan fingerprint density at radius 3 is 2.04 bits per heavy atom. The maximum atomic E-state index is 11.0. The molecule has 0 unspecified atom stereocenters. The number of carbonyl (C=O) groups excluding carboxylic acids is 1. The van der Waals surface area contributed by atoms with Crippen LogP contribution in [-0.2, 0) is 4.74 Å². The number of carbonyl (C=O) groups is 1. The highest BCUT2D eigenvalue weighted by Gasteiger charge is 2.30. The molecule has 0 atom stereocenters. The van der Waals surface area contributed by atoms with Crippen molar-refractivity contribution in [1.29, 1.82) is 0 Å². The Hall–Kier alpha value is -4.16. The smallest absolute Gasteiger partial charge is 0.339 e. The zero-order valence-electron chi connectivity index (χ0n) is 13.7. The summed E-state index contributed by atoms with van der Waals surface area (Å²) < 4.78 is 4.75. The van der Waals surface area contributed by atoms with Crippen LogP contribution in [0.5, 0.6) is 5.75 Å². The second-order valence-corrected chi connectivity index (χ2v) is 4.57. The number of esters is 1. The average molecular weight is 380 g/mol. The molecule has 1 heterocycles. The summed E-state index contributed by atoms with van der Waals surface area (Å²) in [5, 5.41) is 40.2. The molecule has 142 valence electrons. The second-order valence-electron chi connectivity index (χ2n) is 4.57. The lowest BCUT2D eigenvalue weighted by Crippen LogP contribution is -2.04. The molecule has 1 N–H and O–H groups in total. The van der Waals surface area contributed by atoms with Gasteiger partial charge in [0, 0.05) is 12.4 Å². The van der Waals surface area contributed by atoms with Crippen LogP contribution in [0.15, 0.2) is 36.7 Å². The summed E-state index contributed by atoms with van der Waals surface area (Å²) >= 11 is 0. The van der Waals surface area contributed by atoms with E-state index in [0.717, 1.165) is 0 Å². The first kappa shape index (κ1) is 20.9. The van der Waals surface area contributed by atoms with Crippen LogP contribution in [0, 0.1) is 30.3 Å². The largest absolute Gasteiger partial charge is 0.497 e. The van der Waals surface area contributed by atoms with E-state index in [1.165, 1.54) is 6.20 Å². The Kier molecular flexibility index (Phi) is 7.24. The number of ether oxygens (including phenoxy) is 1. The molecule has 13 nitrogen and oxygen atoms in total. The Labute approximate surface area is 150 Å². The van der Waals surface area contributed by atoms with E-state index < -0.39 is 37.6 Å². The number of hydrogen-bond acceptors (Lipinski definition) is 10. The van der Waals surface area contributed by atoms with Gasteiger partial charge in [0.05, 0.1) is 39.1 Å². The monoisotopic (exact) mass is 380 g/mol. The maximum Gasteiger partial charge on any atom is 0.339 e. The van der Waals surface area contributed by atoms with Gasteiger partial charge in [-0.25, -0.2) is 4.79 Å². The third-order valence-corrected chi connectivity index (χ3v) is 2.83. The minimum absolute atomic E-state index is 0.319. The number of pyridine rings is 1. The molecule has 0 aliphatic heterocycles. The fourth-order valence-corrected chi connectivity index (χ4v) is 1.67. The molecule has 0 bridgehead atoms. The third-order valence-electron chi connectivity index (χ3n) is 2.83. The van der Waals surface area contributed by atoms with Gasteiger partial charge in [-0.3, -0.25) is 35.3 Å². The van der Waals surface area contributed by atoms with Crippen LogP contribution in [0.25, 0.3) is 0 Å². The van der Waals surface area contributed by atoms with Gasteiger partial charge in [0.25, 0.3) is 11.4 Å². The van der Waals surface area contributed by atoms with E-state index in [9.17, 15) is 35.1 Å². The van der Waals surface area contributed by atoms with Gasteiger partial charge in [0.15, 0.2) is 0 Å². The highest BCUT2D eigenvalue weighted by Crippen LogP contribution is 2.38. The van der Waals surface area contributed by atoms with Crippen molar-refractivity contribution < 1.29 is 29.4 Å². The lowest BCUT2D eigenvalue weighted by molar-refractivity contribution is -0.404. The Balaban J connectivity index is 0.000000289. The second kappa shape index (κ2) is 9.36. The molecule has 13 heteroatoms. The van der Waals surface area contributed by atoms with Crippen LogP contribution >= 0.6 is 0 Å². The Bertz CT molecular complexity index is 835. The molecule has 1 aromatic carbocycles. The molecule has 27 heavy (non-hydrogen) atoms. The van der Waals surface area contributed by atoms with Gasteiger partial charge in [-0.2, -0.15) is 0 Å².